The largest absolute Gasteiger partial charge is 0.478 e. The maximum absolute atomic E-state index is 12.5. The summed E-state index contributed by atoms with van der Waals surface area (Å²) >= 11 is 0. The number of aromatic nitrogens is 2. The molecule has 1 saturated heterocycles. The van der Waals surface area contributed by atoms with Crippen molar-refractivity contribution in [3.8, 4) is 22.5 Å². The second-order valence-corrected chi connectivity index (χ2v) is 13.7. The second-order valence-electron chi connectivity index (χ2n) is 13.7. The van der Waals surface area contributed by atoms with E-state index in [-0.39, 0.29) is 11.7 Å². The number of aromatic carboxylic acids is 1. The highest BCUT2D eigenvalue weighted by atomic mass is 16.6. The third-order valence-electron chi connectivity index (χ3n) is 9.32. The van der Waals surface area contributed by atoms with E-state index >= 15 is 0 Å². The van der Waals surface area contributed by atoms with Gasteiger partial charge < -0.3 is 24.2 Å². The summed E-state index contributed by atoms with van der Waals surface area (Å²) in [5, 5.41) is 14.2. The van der Waals surface area contributed by atoms with Crippen LogP contribution in [0.2, 0.25) is 0 Å². The smallest absolute Gasteiger partial charge is 0.410 e. The van der Waals surface area contributed by atoms with E-state index in [0.717, 1.165) is 54.4 Å². The van der Waals surface area contributed by atoms with Crippen LogP contribution in [0.25, 0.3) is 28.1 Å². The molecule has 10 heteroatoms. The van der Waals surface area contributed by atoms with Gasteiger partial charge in [0.15, 0.2) is 0 Å². The molecule has 6 rings (SSSR count). The standard InChI is InChI=1S/C36H45N5O5/c1-36(2,3)45-35(44)41-18-15-27(16-19-41)31-24-29(12-13-30(31)33(42)43)26-8-10-28(11-9-26)32-37-34(46-38-32)40-22-20-39(21-23-40)17-14-25-6-4-5-7-25/h8-13,15,24-25H,4-7,14,16-23H2,1-3H3,(H,42,43). The zero-order valence-electron chi connectivity index (χ0n) is 27.2. The predicted octanol–water partition coefficient (Wildman–Crippen LogP) is 6.83. The normalized spacial score (nSPS) is 18.1. The van der Waals surface area contributed by atoms with E-state index in [0.29, 0.717) is 36.9 Å². The van der Waals surface area contributed by atoms with E-state index in [1.165, 1.54) is 38.6 Å². The van der Waals surface area contributed by atoms with Crippen molar-refractivity contribution in [3.05, 3.63) is 59.7 Å². The average Bonchev–Trinajstić information content (AvgIpc) is 3.76. The highest BCUT2D eigenvalue weighted by Gasteiger charge is 2.26. The van der Waals surface area contributed by atoms with E-state index in [9.17, 15) is 14.7 Å². The van der Waals surface area contributed by atoms with Crippen LogP contribution >= 0.6 is 0 Å². The summed E-state index contributed by atoms with van der Waals surface area (Å²) in [6.07, 6.45) is 9.02. The maximum atomic E-state index is 12.5. The zero-order valence-corrected chi connectivity index (χ0v) is 27.2. The van der Waals surface area contributed by atoms with Crippen LogP contribution in [0.4, 0.5) is 10.8 Å². The Morgan fingerprint density at radius 1 is 0.957 bits per heavy atom. The van der Waals surface area contributed by atoms with Crippen LogP contribution in [-0.2, 0) is 4.74 Å². The van der Waals surface area contributed by atoms with Gasteiger partial charge in [0.05, 0.1) is 5.56 Å². The molecule has 244 valence electrons. The number of amides is 1. The summed E-state index contributed by atoms with van der Waals surface area (Å²) in [6, 6.07) is 13.9. The van der Waals surface area contributed by atoms with Crippen molar-refractivity contribution in [2.75, 3.05) is 50.7 Å². The molecule has 2 aliphatic heterocycles. The summed E-state index contributed by atoms with van der Waals surface area (Å²) in [7, 11) is 0. The van der Waals surface area contributed by atoms with Crippen LogP contribution in [0, 0.1) is 5.92 Å². The molecular formula is C36H45N5O5. The number of carboxylic acid groups (broad SMARTS) is 1. The molecule has 0 bridgehead atoms. The Morgan fingerprint density at radius 3 is 2.30 bits per heavy atom. The topological polar surface area (TPSA) is 112 Å². The molecule has 0 spiro atoms. The van der Waals surface area contributed by atoms with Crippen molar-refractivity contribution < 1.29 is 24.0 Å². The summed E-state index contributed by atoms with van der Waals surface area (Å²) in [5.41, 5.74) is 3.95. The lowest BCUT2D eigenvalue weighted by atomic mass is 9.91. The molecule has 1 saturated carbocycles. The van der Waals surface area contributed by atoms with Gasteiger partial charge in [0.25, 0.3) is 0 Å². The number of piperazine rings is 1. The maximum Gasteiger partial charge on any atom is 0.410 e. The van der Waals surface area contributed by atoms with Gasteiger partial charge in [-0.1, -0.05) is 67.2 Å². The van der Waals surface area contributed by atoms with Gasteiger partial charge in [-0.25, -0.2) is 9.59 Å². The predicted molar refractivity (Wildman–Crippen MR) is 178 cm³/mol. The van der Waals surface area contributed by atoms with Crippen LogP contribution in [0.1, 0.15) is 75.2 Å². The molecule has 46 heavy (non-hydrogen) atoms. The van der Waals surface area contributed by atoms with E-state index in [2.05, 4.69) is 15.0 Å². The summed E-state index contributed by atoms with van der Waals surface area (Å²) in [6.45, 7) is 11.3. The molecule has 1 aliphatic carbocycles. The van der Waals surface area contributed by atoms with Crippen LogP contribution in [0.5, 0.6) is 0 Å². The van der Waals surface area contributed by atoms with Crippen molar-refractivity contribution in [1.29, 1.82) is 0 Å². The minimum absolute atomic E-state index is 0.242. The quantitative estimate of drug-likeness (QED) is 0.287. The third kappa shape index (κ3) is 7.61. The van der Waals surface area contributed by atoms with Gasteiger partial charge in [-0.3, -0.25) is 4.90 Å². The number of ether oxygens (including phenoxy) is 1. The van der Waals surface area contributed by atoms with Crippen molar-refractivity contribution in [3.63, 3.8) is 0 Å². The van der Waals surface area contributed by atoms with Crippen LogP contribution in [-0.4, -0.2) is 88.5 Å². The Kier molecular flexibility index (Phi) is 9.44. The van der Waals surface area contributed by atoms with E-state index in [1.807, 2.05) is 63.2 Å². The first-order valence-corrected chi connectivity index (χ1v) is 16.6. The fourth-order valence-corrected chi connectivity index (χ4v) is 6.68. The van der Waals surface area contributed by atoms with Crippen molar-refractivity contribution in [1.82, 2.24) is 19.9 Å². The minimum Gasteiger partial charge on any atom is -0.478 e. The molecule has 3 aromatic rings. The van der Waals surface area contributed by atoms with Gasteiger partial charge in [0.1, 0.15) is 5.60 Å². The lowest BCUT2D eigenvalue weighted by Crippen LogP contribution is -2.47. The number of hydrogen-bond acceptors (Lipinski definition) is 8. The third-order valence-corrected chi connectivity index (χ3v) is 9.32. The first-order chi connectivity index (χ1) is 22.1. The van der Waals surface area contributed by atoms with Gasteiger partial charge in [-0.15, -0.1) is 0 Å². The van der Waals surface area contributed by atoms with E-state index in [1.54, 1.807) is 11.0 Å². The van der Waals surface area contributed by atoms with Crippen molar-refractivity contribution in [2.24, 2.45) is 5.92 Å². The van der Waals surface area contributed by atoms with Crippen LogP contribution in [0.15, 0.2) is 53.1 Å². The highest BCUT2D eigenvalue weighted by Crippen LogP contribution is 2.32. The molecule has 0 unspecified atom stereocenters. The van der Waals surface area contributed by atoms with Crippen molar-refractivity contribution in [2.45, 2.75) is 64.9 Å². The van der Waals surface area contributed by atoms with Gasteiger partial charge in [-0.2, -0.15) is 4.98 Å². The SMILES string of the molecule is CC(C)(C)OC(=O)N1CC=C(c2cc(-c3ccc(-c4noc(N5CCN(CCC6CCCC6)CC5)n4)cc3)ccc2C(=O)O)CC1. The summed E-state index contributed by atoms with van der Waals surface area (Å²) < 4.78 is 11.2. The number of carbonyl (C=O) groups excluding carboxylic acids is 1. The zero-order chi connectivity index (χ0) is 32.3. The Morgan fingerprint density at radius 2 is 1.65 bits per heavy atom. The second kappa shape index (κ2) is 13.7. The summed E-state index contributed by atoms with van der Waals surface area (Å²) in [5.74, 6) is 0.488. The van der Waals surface area contributed by atoms with E-state index in [4.69, 9.17) is 14.2 Å². The molecule has 2 fully saturated rings. The first-order valence-electron chi connectivity index (χ1n) is 16.6. The average molecular weight is 628 g/mol. The van der Waals surface area contributed by atoms with Gasteiger partial charge in [-0.05, 0) is 80.5 Å². The van der Waals surface area contributed by atoms with Crippen molar-refractivity contribution >= 4 is 23.7 Å². The molecule has 0 atom stereocenters. The molecular weight excluding hydrogens is 582 g/mol. The Bertz CT molecular complexity index is 1560. The Labute approximate surface area is 271 Å². The number of carbonyl (C=O) groups is 2. The monoisotopic (exact) mass is 627 g/mol. The molecule has 2 aromatic carbocycles. The fraction of sp³-hybridized carbons (Fsp3) is 0.500. The number of rotatable bonds is 8. The van der Waals surface area contributed by atoms with Gasteiger partial charge in [0, 0.05) is 44.8 Å². The summed E-state index contributed by atoms with van der Waals surface area (Å²) in [4.78, 5) is 35.7. The first kappa shape index (κ1) is 31.8. The number of benzene rings is 2. The highest BCUT2D eigenvalue weighted by molar-refractivity contribution is 5.95. The lowest BCUT2D eigenvalue weighted by molar-refractivity contribution is 0.0270. The number of anilines is 1. The van der Waals surface area contributed by atoms with Crippen LogP contribution < -0.4 is 4.90 Å². The number of carboxylic acids is 1. The minimum atomic E-state index is -0.981. The molecule has 10 nitrogen and oxygen atoms in total. The molecule has 1 aromatic heterocycles. The van der Waals surface area contributed by atoms with E-state index < -0.39 is 11.6 Å². The Hall–Kier alpha value is -4.18. The molecule has 0 radical (unpaired) electrons. The van der Waals surface area contributed by atoms with Crippen LogP contribution in [0.3, 0.4) is 0 Å². The molecule has 1 amide bonds. The molecule has 1 N–H and O–H groups in total. The van der Waals surface area contributed by atoms with Gasteiger partial charge in [0.2, 0.25) is 5.82 Å². The number of nitrogens with zero attached hydrogens (tertiary/aromatic N) is 5. The molecule has 3 heterocycles. The number of hydrogen-bond donors (Lipinski definition) is 1. The lowest BCUT2D eigenvalue weighted by Gasteiger charge is -2.33. The molecule has 3 aliphatic rings. The fourth-order valence-electron chi connectivity index (χ4n) is 6.68. The van der Waals surface area contributed by atoms with Gasteiger partial charge >= 0.3 is 18.1 Å². The Balaban J connectivity index is 1.10.